The topological polar surface area (TPSA) is 58.6 Å². The van der Waals surface area contributed by atoms with E-state index in [0.29, 0.717) is 5.69 Å². The van der Waals surface area contributed by atoms with Crippen molar-refractivity contribution in [2.75, 3.05) is 18.5 Å². The second-order valence-electron chi connectivity index (χ2n) is 7.33. The molecule has 1 aliphatic carbocycles. The van der Waals surface area contributed by atoms with Crippen molar-refractivity contribution in [1.29, 1.82) is 0 Å². The number of anilines is 2. The first-order valence-electron chi connectivity index (χ1n) is 9.69. The van der Waals surface area contributed by atoms with Crippen LogP contribution in [0.1, 0.15) is 30.1 Å². The molecular weight excluding hydrogens is 397 g/mol. The van der Waals surface area contributed by atoms with Crippen molar-refractivity contribution in [2.45, 2.75) is 32.0 Å². The van der Waals surface area contributed by atoms with Gasteiger partial charge in [-0.05, 0) is 49.9 Å². The van der Waals surface area contributed by atoms with Crippen molar-refractivity contribution >= 4 is 23.3 Å². The van der Waals surface area contributed by atoms with E-state index in [1.165, 1.54) is 6.07 Å². The maximum Gasteiger partial charge on any atom is 0.406 e. The fraction of sp³-hybridized carbons (Fsp3) is 0.364. The zero-order valence-corrected chi connectivity index (χ0v) is 16.5. The van der Waals surface area contributed by atoms with Gasteiger partial charge in [-0.25, -0.2) is 4.79 Å². The summed E-state index contributed by atoms with van der Waals surface area (Å²) in [4.78, 5) is 25.7. The van der Waals surface area contributed by atoms with E-state index in [1.54, 1.807) is 25.1 Å². The number of hydrogen-bond acceptors (Lipinski definition) is 4. The van der Waals surface area contributed by atoms with E-state index >= 15 is 0 Å². The minimum absolute atomic E-state index is 0.0581. The quantitative estimate of drug-likeness (QED) is 0.625. The van der Waals surface area contributed by atoms with Crippen molar-refractivity contribution in [2.24, 2.45) is 5.92 Å². The third kappa shape index (κ3) is 5.98. The number of benzene rings is 2. The van der Waals surface area contributed by atoms with Crippen molar-refractivity contribution in [3.63, 3.8) is 0 Å². The Morgan fingerprint density at radius 2 is 1.73 bits per heavy atom. The fourth-order valence-corrected chi connectivity index (χ4v) is 3.22. The molecule has 1 aliphatic rings. The van der Waals surface area contributed by atoms with Crippen LogP contribution in [-0.2, 0) is 9.53 Å². The van der Waals surface area contributed by atoms with Crippen molar-refractivity contribution in [3.8, 4) is 0 Å². The molecule has 0 spiro atoms. The van der Waals surface area contributed by atoms with Crippen LogP contribution in [0.25, 0.3) is 0 Å². The summed E-state index contributed by atoms with van der Waals surface area (Å²) in [6, 6.07) is 15.2. The third-order valence-electron chi connectivity index (χ3n) is 4.99. The minimum atomic E-state index is -4.52. The van der Waals surface area contributed by atoms with Crippen molar-refractivity contribution in [1.82, 2.24) is 4.90 Å². The second kappa shape index (κ2) is 9.19. The van der Waals surface area contributed by atoms with Gasteiger partial charge in [0.15, 0.2) is 6.61 Å². The lowest BCUT2D eigenvalue weighted by Crippen LogP contribution is -2.47. The first-order valence-corrected chi connectivity index (χ1v) is 9.69. The van der Waals surface area contributed by atoms with Gasteiger partial charge in [-0.15, -0.1) is 0 Å². The van der Waals surface area contributed by atoms with E-state index in [4.69, 9.17) is 4.74 Å². The summed E-state index contributed by atoms with van der Waals surface area (Å²) in [6.45, 7) is -0.499. The highest BCUT2D eigenvalue weighted by Gasteiger charge is 2.40. The predicted octanol–water partition coefficient (Wildman–Crippen LogP) is 4.78. The lowest BCUT2D eigenvalue weighted by molar-refractivity contribution is -0.167. The molecule has 160 valence electrons. The monoisotopic (exact) mass is 420 g/mol. The van der Waals surface area contributed by atoms with Gasteiger partial charge in [0.2, 0.25) is 0 Å². The van der Waals surface area contributed by atoms with E-state index in [1.807, 2.05) is 30.3 Å². The molecule has 2 aromatic carbocycles. The van der Waals surface area contributed by atoms with Gasteiger partial charge >= 0.3 is 12.1 Å². The molecule has 0 saturated heterocycles. The Morgan fingerprint density at radius 3 is 2.37 bits per heavy atom. The average molecular weight is 420 g/mol. The summed E-state index contributed by atoms with van der Waals surface area (Å²) in [5, 5.41) is 3.09. The van der Waals surface area contributed by atoms with Gasteiger partial charge in [0.25, 0.3) is 5.91 Å². The van der Waals surface area contributed by atoms with Gasteiger partial charge in [0, 0.05) is 11.7 Å². The molecule has 1 saturated carbocycles. The number of nitrogens with zero attached hydrogens (tertiary/aromatic N) is 1. The maximum absolute atomic E-state index is 12.9. The summed E-state index contributed by atoms with van der Waals surface area (Å²) < 4.78 is 43.8. The minimum Gasteiger partial charge on any atom is -0.452 e. The van der Waals surface area contributed by atoms with E-state index in [9.17, 15) is 22.8 Å². The Labute approximate surface area is 172 Å². The number of ether oxygens (including phenoxy) is 1. The summed E-state index contributed by atoms with van der Waals surface area (Å²) in [6.07, 6.45) is -2.93. The molecule has 0 radical (unpaired) electrons. The third-order valence-corrected chi connectivity index (χ3v) is 4.99. The first kappa shape index (κ1) is 21.7. The van der Waals surface area contributed by atoms with Crippen molar-refractivity contribution < 1.29 is 27.5 Å². The van der Waals surface area contributed by atoms with Gasteiger partial charge < -0.3 is 15.0 Å². The van der Waals surface area contributed by atoms with Crippen LogP contribution in [-0.4, -0.2) is 42.1 Å². The summed E-state index contributed by atoms with van der Waals surface area (Å²) in [7, 11) is 0. The standard InChI is InChI=1S/C22H23F3N2O3/c1-15(16-11-12-16)27(14-22(23,24)25)20(28)13-30-21(29)18-9-5-6-10-19(18)26-17-7-3-2-4-8-17/h2-10,15-16,26H,11-14H2,1H3/t15-/m1/s1. The van der Waals surface area contributed by atoms with E-state index in [2.05, 4.69) is 5.32 Å². The highest BCUT2D eigenvalue weighted by molar-refractivity contribution is 5.97. The van der Waals surface area contributed by atoms with E-state index in [-0.39, 0.29) is 11.5 Å². The molecule has 8 heteroatoms. The normalized spacial score (nSPS) is 14.7. The lowest BCUT2D eigenvalue weighted by Gasteiger charge is -2.30. The molecule has 0 unspecified atom stereocenters. The van der Waals surface area contributed by atoms with Crippen LogP contribution in [0.2, 0.25) is 0 Å². The Bertz CT molecular complexity index is 883. The Balaban J connectivity index is 1.66. The second-order valence-corrected chi connectivity index (χ2v) is 7.33. The van der Waals surface area contributed by atoms with E-state index < -0.39 is 37.2 Å². The molecule has 0 aliphatic heterocycles. The molecule has 1 fully saturated rings. The van der Waals surface area contributed by atoms with Crippen LogP contribution >= 0.6 is 0 Å². The largest absolute Gasteiger partial charge is 0.452 e. The maximum atomic E-state index is 12.9. The zero-order chi connectivity index (χ0) is 21.7. The molecule has 1 amide bonds. The zero-order valence-electron chi connectivity index (χ0n) is 16.5. The molecule has 5 nitrogen and oxygen atoms in total. The molecule has 0 heterocycles. The van der Waals surface area contributed by atoms with Crippen LogP contribution in [0.4, 0.5) is 24.5 Å². The lowest BCUT2D eigenvalue weighted by atomic mass is 10.1. The molecule has 30 heavy (non-hydrogen) atoms. The summed E-state index contributed by atoms with van der Waals surface area (Å²) >= 11 is 0. The molecular formula is C22H23F3N2O3. The number of hydrogen-bond donors (Lipinski definition) is 1. The summed E-state index contributed by atoms with van der Waals surface area (Å²) in [5.74, 6) is -1.58. The van der Waals surface area contributed by atoms with Crippen LogP contribution in [0.5, 0.6) is 0 Å². The van der Waals surface area contributed by atoms with Crippen molar-refractivity contribution in [3.05, 3.63) is 60.2 Å². The molecule has 2 aromatic rings. The molecule has 1 N–H and O–H groups in total. The number of halogens is 3. The van der Waals surface area contributed by atoms with Gasteiger partial charge in [0.1, 0.15) is 6.54 Å². The van der Waals surface area contributed by atoms with Crippen LogP contribution in [0.15, 0.2) is 54.6 Å². The number of para-hydroxylation sites is 2. The predicted molar refractivity (Wildman–Crippen MR) is 106 cm³/mol. The molecule has 3 rings (SSSR count). The Morgan fingerprint density at radius 1 is 1.10 bits per heavy atom. The number of esters is 1. The van der Waals surface area contributed by atoms with Gasteiger partial charge in [-0.1, -0.05) is 30.3 Å². The highest BCUT2D eigenvalue weighted by Crippen LogP contribution is 2.36. The highest BCUT2D eigenvalue weighted by atomic mass is 19.4. The van der Waals surface area contributed by atoms with Crippen LogP contribution in [0, 0.1) is 5.92 Å². The van der Waals surface area contributed by atoms with Crippen LogP contribution in [0.3, 0.4) is 0 Å². The number of amides is 1. The van der Waals surface area contributed by atoms with E-state index in [0.717, 1.165) is 23.4 Å². The number of carbonyl (C=O) groups excluding carboxylic acids is 2. The SMILES string of the molecule is C[C@H](C1CC1)N(CC(F)(F)F)C(=O)COC(=O)c1ccccc1Nc1ccccc1. The van der Waals surface area contributed by atoms with Gasteiger partial charge in [-0.2, -0.15) is 13.2 Å². The number of nitrogens with one attached hydrogen (secondary N) is 1. The molecule has 0 aromatic heterocycles. The van der Waals surface area contributed by atoms with Gasteiger partial charge in [0.05, 0.1) is 11.3 Å². The number of alkyl halides is 3. The van der Waals surface area contributed by atoms with Crippen LogP contribution < -0.4 is 5.32 Å². The first-order chi connectivity index (χ1) is 14.2. The molecule has 0 bridgehead atoms. The Kier molecular flexibility index (Phi) is 6.64. The average Bonchev–Trinajstić information content (AvgIpc) is 3.55. The number of rotatable bonds is 8. The molecule has 1 atom stereocenters. The fourth-order valence-electron chi connectivity index (χ4n) is 3.22. The van der Waals surface area contributed by atoms with Gasteiger partial charge in [-0.3, -0.25) is 4.79 Å². The Hall–Kier alpha value is -3.03. The smallest absolute Gasteiger partial charge is 0.406 e. The summed E-state index contributed by atoms with van der Waals surface area (Å²) in [5.41, 5.74) is 1.41. The number of carbonyl (C=O) groups is 2.